The molecule has 106 valence electrons. The molecule has 21 heavy (non-hydrogen) atoms. The van der Waals surface area contributed by atoms with Gasteiger partial charge in [-0.2, -0.15) is 0 Å². The van der Waals surface area contributed by atoms with Gasteiger partial charge >= 0.3 is 0 Å². The Hall–Kier alpha value is -2.55. The van der Waals surface area contributed by atoms with E-state index >= 15 is 0 Å². The maximum atomic E-state index is 6.29. The van der Waals surface area contributed by atoms with Crippen molar-refractivity contribution >= 4 is 16.5 Å². The maximum absolute atomic E-state index is 6.29. The van der Waals surface area contributed by atoms with Crippen LogP contribution in [0.15, 0.2) is 54.6 Å². The van der Waals surface area contributed by atoms with Crippen LogP contribution < -0.4 is 10.5 Å². The minimum absolute atomic E-state index is 0.642. The summed E-state index contributed by atoms with van der Waals surface area (Å²) < 4.78 is 5.41. The monoisotopic (exact) mass is 278 g/mol. The molecule has 3 heteroatoms. The second kappa shape index (κ2) is 5.83. The number of nitrogens with two attached hydrogens (primary N) is 1. The summed E-state index contributed by atoms with van der Waals surface area (Å²) in [5.41, 5.74) is 9.22. The number of fused-ring (bicyclic) bond motifs is 1. The Bertz CT molecular complexity index is 754. The van der Waals surface area contributed by atoms with E-state index in [-0.39, 0.29) is 0 Å². The molecule has 0 spiro atoms. The predicted molar refractivity (Wildman–Crippen MR) is 86.6 cm³/mol. The smallest absolute Gasteiger partial charge is 0.221 e. The Morgan fingerprint density at radius 1 is 0.905 bits per heavy atom. The zero-order chi connectivity index (χ0) is 14.7. The van der Waals surface area contributed by atoms with Crippen LogP contribution in [-0.4, -0.2) is 12.1 Å². The van der Waals surface area contributed by atoms with Crippen molar-refractivity contribution in [2.75, 3.05) is 12.8 Å². The first kappa shape index (κ1) is 13.4. The number of aryl methyl sites for hydroxylation is 2. The van der Waals surface area contributed by atoms with Gasteiger partial charge in [0.2, 0.25) is 5.88 Å². The molecule has 0 unspecified atom stereocenters. The van der Waals surface area contributed by atoms with Gasteiger partial charge in [0.25, 0.3) is 0 Å². The summed E-state index contributed by atoms with van der Waals surface area (Å²) >= 11 is 0. The lowest BCUT2D eigenvalue weighted by atomic mass is 10.0. The standard InChI is InChI=1S/C18H18N2O/c1-21-18-15-10-6-5-9-14(15)17(19)16(20-18)12-11-13-7-3-2-4-8-13/h2-10H,11-12,19H2,1H3. The van der Waals surface area contributed by atoms with Crippen LogP contribution in [0, 0.1) is 0 Å². The van der Waals surface area contributed by atoms with Gasteiger partial charge in [0, 0.05) is 10.8 Å². The van der Waals surface area contributed by atoms with Crippen molar-refractivity contribution in [3.05, 3.63) is 65.9 Å². The normalized spacial score (nSPS) is 10.7. The molecule has 0 aliphatic carbocycles. The highest BCUT2D eigenvalue weighted by atomic mass is 16.5. The zero-order valence-electron chi connectivity index (χ0n) is 12.0. The number of rotatable bonds is 4. The van der Waals surface area contributed by atoms with E-state index in [0.717, 1.165) is 35.0 Å². The van der Waals surface area contributed by atoms with E-state index in [2.05, 4.69) is 17.1 Å². The Morgan fingerprint density at radius 2 is 1.57 bits per heavy atom. The zero-order valence-corrected chi connectivity index (χ0v) is 12.0. The number of anilines is 1. The highest BCUT2D eigenvalue weighted by Gasteiger charge is 2.11. The van der Waals surface area contributed by atoms with Crippen molar-refractivity contribution in [1.82, 2.24) is 4.98 Å². The van der Waals surface area contributed by atoms with Crippen molar-refractivity contribution in [3.8, 4) is 5.88 Å². The molecular weight excluding hydrogens is 260 g/mol. The number of ether oxygens (including phenoxy) is 1. The first-order valence-electron chi connectivity index (χ1n) is 7.04. The van der Waals surface area contributed by atoms with Crippen LogP contribution in [0.4, 0.5) is 5.69 Å². The predicted octanol–water partition coefficient (Wildman–Crippen LogP) is 3.61. The van der Waals surface area contributed by atoms with Crippen LogP contribution in [0.3, 0.4) is 0 Å². The summed E-state index contributed by atoms with van der Waals surface area (Å²) in [6, 6.07) is 18.3. The SMILES string of the molecule is COc1nc(CCc2ccccc2)c(N)c2ccccc12. The molecule has 0 amide bonds. The first-order valence-corrected chi connectivity index (χ1v) is 7.04. The minimum Gasteiger partial charge on any atom is -0.481 e. The quantitative estimate of drug-likeness (QED) is 0.793. The van der Waals surface area contributed by atoms with Crippen molar-refractivity contribution in [2.24, 2.45) is 0 Å². The fourth-order valence-electron chi connectivity index (χ4n) is 2.56. The molecule has 0 saturated heterocycles. The van der Waals surface area contributed by atoms with E-state index < -0.39 is 0 Å². The number of methoxy groups -OCH3 is 1. The van der Waals surface area contributed by atoms with E-state index in [1.807, 2.05) is 42.5 Å². The second-order valence-corrected chi connectivity index (χ2v) is 5.01. The van der Waals surface area contributed by atoms with Gasteiger partial charge in [0.05, 0.1) is 18.5 Å². The molecule has 2 N–H and O–H groups in total. The number of hydrogen-bond donors (Lipinski definition) is 1. The van der Waals surface area contributed by atoms with E-state index in [9.17, 15) is 0 Å². The van der Waals surface area contributed by atoms with Gasteiger partial charge in [-0.3, -0.25) is 0 Å². The summed E-state index contributed by atoms with van der Waals surface area (Å²) in [6.07, 6.45) is 1.72. The highest BCUT2D eigenvalue weighted by Crippen LogP contribution is 2.30. The summed E-state index contributed by atoms with van der Waals surface area (Å²) in [6.45, 7) is 0. The maximum Gasteiger partial charge on any atom is 0.221 e. The lowest BCUT2D eigenvalue weighted by Gasteiger charge is -2.12. The molecule has 3 nitrogen and oxygen atoms in total. The second-order valence-electron chi connectivity index (χ2n) is 5.01. The lowest BCUT2D eigenvalue weighted by molar-refractivity contribution is 0.402. The summed E-state index contributed by atoms with van der Waals surface area (Å²) in [7, 11) is 1.64. The van der Waals surface area contributed by atoms with Gasteiger partial charge in [0.1, 0.15) is 0 Å². The van der Waals surface area contributed by atoms with Crippen molar-refractivity contribution in [1.29, 1.82) is 0 Å². The van der Waals surface area contributed by atoms with Crippen LogP contribution >= 0.6 is 0 Å². The average Bonchev–Trinajstić information content (AvgIpc) is 2.55. The Labute approximate surface area is 124 Å². The van der Waals surface area contributed by atoms with Crippen LogP contribution in [0.2, 0.25) is 0 Å². The Morgan fingerprint density at radius 3 is 2.29 bits per heavy atom. The molecule has 0 bridgehead atoms. The van der Waals surface area contributed by atoms with Crippen LogP contribution in [0.5, 0.6) is 5.88 Å². The molecule has 3 aromatic rings. The first-order chi connectivity index (χ1) is 10.3. The number of aromatic nitrogens is 1. The van der Waals surface area contributed by atoms with E-state index in [1.54, 1.807) is 7.11 Å². The Balaban J connectivity index is 1.97. The molecule has 3 rings (SSSR count). The fourth-order valence-corrected chi connectivity index (χ4v) is 2.56. The number of pyridine rings is 1. The third-order valence-corrected chi connectivity index (χ3v) is 3.68. The van der Waals surface area contributed by atoms with Crippen molar-refractivity contribution in [3.63, 3.8) is 0 Å². The number of nitrogen functional groups attached to an aromatic ring is 1. The summed E-state index contributed by atoms with van der Waals surface area (Å²) in [5, 5.41) is 1.97. The molecule has 0 radical (unpaired) electrons. The topological polar surface area (TPSA) is 48.1 Å². The number of hydrogen-bond acceptors (Lipinski definition) is 3. The molecule has 0 aliphatic heterocycles. The highest BCUT2D eigenvalue weighted by molar-refractivity contribution is 5.96. The number of nitrogens with zero attached hydrogens (tertiary/aromatic N) is 1. The van der Waals surface area contributed by atoms with Crippen molar-refractivity contribution in [2.45, 2.75) is 12.8 Å². The third kappa shape index (κ3) is 2.68. The largest absolute Gasteiger partial charge is 0.481 e. The minimum atomic E-state index is 0.642. The molecule has 2 aromatic carbocycles. The third-order valence-electron chi connectivity index (χ3n) is 3.68. The molecule has 1 aromatic heterocycles. The van der Waals surface area contributed by atoms with Gasteiger partial charge < -0.3 is 10.5 Å². The lowest BCUT2D eigenvalue weighted by Crippen LogP contribution is -2.03. The van der Waals surface area contributed by atoms with Gasteiger partial charge in [-0.15, -0.1) is 0 Å². The molecule has 0 saturated carbocycles. The fraction of sp³-hybridized carbons (Fsp3) is 0.167. The van der Waals surface area contributed by atoms with Gasteiger partial charge in [-0.1, -0.05) is 48.5 Å². The van der Waals surface area contributed by atoms with E-state index in [4.69, 9.17) is 10.5 Å². The van der Waals surface area contributed by atoms with Crippen LogP contribution in [0.25, 0.3) is 10.8 Å². The molecule has 0 aliphatic rings. The molecular formula is C18H18N2O. The molecule has 0 atom stereocenters. The number of benzene rings is 2. The molecule has 0 fully saturated rings. The van der Waals surface area contributed by atoms with Crippen LogP contribution in [-0.2, 0) is 12.8 Å². The van der Waals surface area contributed by atoms with Crippen molar-refractivity contribution < 1.29 is 4.74 Å². The van der Waals surface area contributed by atoms with E-state index in [1.165, 1.54) is 5.56 Å². The van der Waals surface area contributed by atoms with Gasteiger partial charge in [0.15, 0.2) is 0 Å². The summed E-state index contributed by atoms with van der Waals surface area (Å²) in [5.74, 6) is 0.642. The Kier molecular flexibility index (Phi) is 3.73. The van der Waals surface area contributed by atoms with Gasteiger partial charge in [-0.25, -0.2) is 4.98 Å². The van der Waals surface area contributed by atoms with Crippen LogP contribution in [0.1, 0.15) is 11.3 Å². The summed E-state index contributed by atoms with van der Waals surface area (Å²) in [4.78, 5) is 4.59. The molecule has 1 heterocycles. The van der Waals surface area contributed by atoms with E-state index in [0.29, 0.717) is 5.88 Å². The van der Waals surface area contributed by atoms with Gasteiger partial charge in [-0.05, 0) is 24.5 Å². The average molecular weight is 278 g/mol.